The highest BCUT2D eigenvalue weighted by Gasteiger charge is 2.07. The number of hydrogen-bond donors (Lipinski definition) is 2. The summed E-state index contributed by atoms with van der Waals surface area (Å²) in [5.41, 5.74) is 6.50. The van der Waals surface area contributed by atoms with Crippen molar-refractivity contribution in [1.82, 2.24) is 14.9 Å². The van der Waals surface area contributed by atoms with Crippen molar-refractivity contribution in [2.45, 2.75) is 13.0 Å². The van der Waals surface area contributed by atoms with Crippen LogP contribution in [0.5, 0.6) is 0 Å². The van der Waals surface area contributed by atoms with Crippen LogP contribution in [0, 0.1) is 0 Å². The molecule has 0 fully saturated rings. The molecule has 1 aromatic carbocycles. The van der Waals surface area contributed by atoms with Crippen LogP contribution in [0.3, 0.4) is 0 Å². The van der Waals surface area contributed by atoms with Gasteiger partial charge in [-0.25, -0.2) is 9.97 Å². The molecule has 5 nitrogen and oxygen atoms in total. The molecule has 19 heavy (non-hydrogen) atoms. The Bertz CT molecular complexity index is 538. The number of para-hydroxylation sites is 1. The van der Waals surface area contributed by atoms with Gasteiger partial charge < -0.3 is 16.0 Å². The van der Waals surface area contributed by atoms with E-state index in [9.17, 15) is 0 Å². The minimum absolute atomic E-state index is 0.681. The molecule has 2 rings (SSSR count). The van der Waals surface area contributed by atoms with Gasteiger partial charge in [0.05, 0.1) is 12.1 Å². The van der Waals surface area contributed by atoms with Crippen molar-refractivity contribution >= 4 is 16.7 Å². The summed E-state index contributed by atoms with van der Waals surface area (Å²) in [7, 11) is 4.03. The fraction of sp³-hybridized carbons (Fsp3) is 0.429. The van der Waals surface area contributed by atoms with E-state index in [2.05, 4.69) is 20.2 Å². The number of aromatic nitrogens is 2. The van der Waals surface area contributed by atoms with Gasteiger partial charge in [0.15, 0.2) is 0 Å². The van der Waals surface area contributed by atoms with Gasteiger partial charge in [-0.2, -0.15) is 0 Å². The SMILES string of the molecule is CN(C)Cc1nc(NCCCN)c2ccccc2n1. The average molecular weight is 259 g/mol. The molecular weight excluding hydrogens is 238 g/mol. The normalized spacial score (nSPS) is 11.2. The van der Waals surface area contributed by atoms with Crippen molar-refractivity contribution in [2.24, 2.45) is 5.73 Å². The summed E-state index contributed by atoms with van der Waals surface area (Å²) in [6.07, 6.45) is 0.932. The highest BCUT2D eigenvalue weighted by Crippen LogP contribution is 2.20. The number of fused-ring (bicyclic) bond motifs is 1. The Hall–Kier alpha value is -1.72. The third kappa shape index (κ3) is 3.62. The van der Waals surface area contributed by atoms with E-state index in [1.807, 2.05) is 38.4 Å². The standard InChI is InChI=1S/C14H21N5/c1-19(2)10-13-17-12-7-4-3-6-11(12)14(18-13)16-9-5-8-15/h3-4,6-7H,5,8-10,15H2,1-2H3,(H,16,17,18). The number of anilines is 1. The van der Waals surface area contributed by atoms with Gasteiger partial charge in [-0.15, -0.1) is 0 Å². The van der Waals surface area contributed by atoms with E-state index in [4.69, 9.17) is 5.73 Å². The maximum Gasteiger partial charge on any atom is 0.145 e. The molecule has 0 spiro atoms. The van der Waals surface area contributed by atoms with Gasteiger partial charge in [0, 0.05) is 11.9 Å². The van der Waals surface area contributed by atoms with Crippen molar-refractivity contribution in [3.63, 3.8) is 0 Å². The van der Waals surface area contributed by atoms with Crippen molar-refractivity contribution in [3.05, 3.63) is 30.1 Å². The maximum absolute atomic E-state index is 5.52. The van der Waals surface area contributed by atoms with Gasteiger partial charge in [-0.05, 0) is 39.2 Å². The molecule has 0 aliphatic heterocycles. The van der Waals surface area contributed by atoms with Crippen molar-refractivity contribution in [1.29, 1.82) is 0 Å². The summed E-state index contributed by atoms with van der Waals surface area (Å²) in [5.74, 6) is 1.73. The van der Waals surface area contributed by atoms with Crippen LogP contribution in [0.1, 0.15) is 12.2 Å². The number of benzene rings is 1. The average Bonchev–Trinajstić information content (AvgIpc) is 2.38. The van der Waals surface area contributed by atoms with Crippen LogP contribution in [0.4, 0.5) is 5.82 Å². The molecule has 0 aliphatic rings. The molecule has 0 saturated carbocycles. The molecule has 0 unspecified atom stereocenters. The Morgan fingerprint density at radius 1 is 1.21 bits per heavy atom. The van der Waals surface area contributed by atoms with Crippen LogP contribution in [0.2, 0.25) is 0 Å². The lowest BCUT2D eigenvalue weighted by Crippen LogP contribution is -2.15. The Morgan fingerprint density at radius 3 is 2.74 bits per heavy atom. The third-order valence-corrected chi connectivity index (χ3v) is 2.78. The largest absolute Gasteiger partial charge is 0.369 e. The maximum atomic E-state index is 5.52. The quantitative estimate of drug-likeness (QED) is 0.769. The van der Waals surface area contributed by atoms with Crippen LogP contribution in [-0.4, -0.2) is 42.1 Å². The topological polar surface area (TPSA) is 67.1 Å². The molecule has 1 heterocycles. The summed E-state index contributed by atoms with van der Waals surface area (Å²) in [6, 6.07) is 8.06. The van der Waals surface area contributed by atoms with Crippen LogP contribution in [-0.2, 0) is 6.54 Å². The molecule has 1 aromatic heterocycles. The zero-order valence-electron chi connectivity index (χ0n) is 11.6. The summed E-state index contributed by atoms with van der Waals surface area (Å²) in [6.45, 7) is 2.25. The zero-order chi connectivity index (χ0) is 13.7. The molecule has 102 valence electrons. The molecule has 0 saturated heterocycles. The van der Waals surface area contributed by atoms with E-state index < -0.39 is 0 Å². The first-order valence-corrected chi connectivity index (χ1v) is 6.55. The lowest BCUT2D eigenvalue weighted by Gasteiger charge is -2.13. The monoisotopic (exact) mass is 259 g/mol. The second-order valence-electron chi connectivity index (χ2n) is 4.81. The van der Waals surface area contributed by atoms with Crippen molar-refractivity contribution in [2.75, 3.05) is 32.5 Å². The minimum Gasteiger partial charge on any atom is -0.369 e. The lowest BCUT2D eigenvalue weighted by molar-refractivity contribution is 0.391. The van der Waals surface area contributed by atoms with Gasteiger partial charge in [-0.1, -0.05) is 12.1 Å². The van der Waals surface area contributed by atoms with Crippen LogP contribution < -0.4 is 11.1 Å². The molecular formula is C14H21N5. The third-order valence-electron chi connectivity index (χ3n) is 2.78. The second kappa shape index (κ2) is 6.45. The minimum atomic E-state index is 0.681. The predicted molar refractivity (Wildman–Crippen MR) is 79.1 cm³/mol. The van der Waals surface area contributed by atoms with Gasteiger partial charge in [0.25, 0.3) is 0 Å². The predicted octanol–water partition coefficient (Wildman–Crippen LogP) is 1.45. The van der Waals surface area contributed by atoms with Crippen molar-refractivity contribution < 1.29 is 0 Å². The van der Waals surface area contributed by atoms with E-state index in [0.29, 0.717) is 6.54 Å². The fourth-order valence-corrected chi connectivity index (χ4v) is 1.92. The van der Waals surface area contributed by atoms with E-state index in [0.717, 1.165) is 42.1 Å². The van der Waals surface area contributed by atoms with E-state index in [-0.39, 0.29) is 0 Å². The molecule has 0 radical (unpaired) electrons. The number of nitrogens with one attached hydrogen (secondary N) is 1. The number of rotatable bonds is 6. The molecule has 0 atom stereocenters. The Labute approximate surface area is 113 Å². The van der Waals surface area contributed by atoms with Gasteiger partial charge in [-0.3, -0.25) is 0 Å². The highest BCUT2D eigenvalue weighted by molar-refractivity contribution is 5.88. The van der Waals surface area contributed by atoms with E-state index in [1.54, 1.807) is 0 Å². The van der Waals surface area contributed by atoms with Gasteiger partial charge in [0.2, 0.25) is 0 Å². The summed E-state index contributed by atoms with van der Waals surface area (Å²) in [5, 5.41) is 4.41. The molecule has 2 aromatic rings. The smallest absolute Gasteiger partial charge is 0.145 e. The lowest BCUT2D eigenvalue weighted by atomic mass is 10.2. The van der Waals surface area contributed by atoms with Crippen molar-refractivity contribution in [3.8, 4) is 0 Å². The Balaban J connectivity index is 2.34. The summed E-state index contributed by atoms with van der Waals surface area (Å²) in [4.78, 5) is 11.3. The molecule has 0 bridgehead atoms. The summed E-state index contributed by atoms with van der Waals surface area (Å²) >= 11 is 0. The zero-order valence-corrected chi connectivity index (χ0v) is 11.6. The Kier molecular flexibility index (Phi) is 4.65. The van der Waals surface area contributed by atoms with Gasteiger partial charge in [0.1, 0.15) is 11.6 Å². The van der Waals surface area contributed by atoms with Crippen LogP contribution in [0.15, 0.2) is 24.3 Å². The van der Waals surface area contributed by atoms with Crippen LogP contribution in [0.25, 0.3) is 10.9 Å². The molecule has 0 amide bonds. The molecule has 0 aliphatic carbocycles. The number of hydrogen-bond acceptors (Lipinski definition) is 5. The highest BCUT2D eigenvalue weighted by atomic mass is 15.1. The molecule has 5 heteroatoms. The van der Waals surface area contributed by atoms with Crippen LogP contribution >= 0.6 is 0 Å². The van der Waals surface area contributed by atoms with E-state index in [1.165, 1.54) is 0 Å². The number of nitrogens with zero attached hydrogens (tertiary/aromatic N) is 3. The number of nitrogens with two attached hydrogens (primary N) is 1. The first kappa shape index (κ1) is 13.7. The van der Waals surface area contributed by atoms with E-state index >= 15 is 0 Å². The first-order chi connectivity index (χ1) is 9.20. The summed E-state index contributed by atoms with van der Waals surface area (Å²) < 4.78 is 0. The Morgan fingerprint density at radius 2 is 2.00 bits per heavy atom. The molecule has 3 N–H and O–H groups in total. The first-order valence-electron chi connectivity index (χ1n) is 6.55. The fourth-order valence-electron chi connectivity index (χ4n) is 1.92. The second-order valence-corrected chi connectivity index (χ2v) is 4.81. The van der Waals surface area contributed by atoms with Gasteiger partial charge >= 0.3 is 0 Å².